The lowest BCUT2D eigenvalue weighted by atomic mass is 10.2. The van der Waals surface area contributed by atoms with Crippen molar-refractivity contribution in [2.75, 3.05) is 4.72 Å². The van der Waals surface area contributed by atoms with Gasteiger partial charge in [0.2, 0.25) is 0 Å². The van der Waals surface area contributed by atoms with Crippen LogP contribution in [-0.4, -0.2) is 26.5 Å². The molecule has 8 nitrogen and oxygen atoms in total. The molecule has 0 aliphatic carbocycles. The lowest BCUT2D eigenvalue weighted by Gasteiger charge is -2.09. The number of sulfonamides is 1. The third kappa shape index (κ3) is 6.98. The molecular formula is C27H19Cl2N3O5S. The molecule has 0 fully saturated rings. The second kappa shape index (κ2) is 11.9. The molecule has 1 amide bonds. The van der Waals surface area contributed by atoms with Crippen LogP contribution in [0.4, 0.5) is 5.69 Å². The van der Waals surface area contributed by atoms with Crippen molar-refractivity contribution in [1.82, 2.24) is 5.43 Å². The summed E-state index contributed by atoms with van der Waals surface area (Å²) < 4.78 is 32.9. The number of hydrogen-bond donors (Lipinski definition) is 2. The lowest BCUT2D eigenvalue weighted by molar-refractivity contribution is 0.0734. The van der Waals surface area contributed by atoms with E-state index in [0.717, 1.165) is 0 Å². The maximum Gasteiger partial charge on any atom is 0.343 e. The third-order valence-electron chi connectivity index (χ3n) is 5.09. The summed E-state index contributed by atoms with van der Waals surface area (Å²) in [6.45, 7) is 0. The Morgan fingerprint density at radius 2 is 1.34 bits per heavy atom. The van der Waals surface area contributed by atoms with Gasteiger partial charge in [0.1, 0.15) is 5.75 Å². The number of ether oxygens (including phenoxy) is 1. The number of carbonyl (C=O) groups excluding carboxylic acids is 2. The van der Waals surface area contributed by atoms with Gasteiger partial charge in [0.25, 0.3) is 15.9 Å². The first-order valence-corrected chi connectivity index (χ1v) is 13.2. The van der Waals surface area contributed by atoms with Gasteiger partial charge in [-0.15, -0.1) is 0 Å². The van der Waals surface area contributed by atoms with Crippen LogP contribution >= 0.6 is 23.2 Å². The standard InChI is InChI=1S/C27H19Cl2N3O5S/c28-21-9-5-19(6-10-21)27(34)37-25-4-2-1-3-20(25)17-30-31-26(33)18-7-13-23(14-8-18)32-38(35,36)24-15-11-22(29)12-16-24/h1-17,32H,(H,31,33)/b30-17-. The van der Waals surface area contributed by atoms with E-state index in [1.54, 1.807) is 48.5 Å². The van der Waals surface area contributed by atoms with Crippen molar-refractivity contribution < 1.29 is 22.7 Å². The van der Waals surface area contributed by atoms with E-state index in [9.17, 15) is 18.0 Å². The topological polar surface area (TPSA) is 114 Å². The van der Waals surface area contributed by atoms with Gasteiger partial charge in [-0.1, -0.05) is 35.3 Å². The number of halogens is 2. The predicted octanol–water partition coefficient (Wildman–Crippen LogP) is 5.78. The number of para-hydroxylation sites is 1. The second-order valence-corrected chi connectivity index (χ2v) is 10.3. The molecule has 4 aromatic carbocycles. The average Bonchev–Trinajstić information content (AvgIpc) is 2.90. The molecule has 38 heavy (non-hydrogen) atoms. The maximum atomic E-state index is 12.5. The maximum absolute atomic E-state index is 12.5. The normalized spacial score (nSPS) is 11.2. The number of amides is 1. The second-order valence-electron chi connectivity index (χ2n) is 7.77. The highest BCUT2D eigenvalue weighted by Gasteiger charge is 2.15. The Kier molecular flexibility index (Phi) is 8.42. The SMILES string of the molecule is O=C(N/N=C\c1ccccc1OC(=O)c1ccc(Cl)cc1)c1ccc(NS(=O)(=O)c2ccc(Cl)cc2)cc1. The summed E-state index contributed by atoms with van der Waals surface area (Å²) in [7, 11) is -3.82. The number of nitrogens with one attached hydrogen (secondary N) is 2. The van der Waals surface area contributed by atoms with Crippen molar-refractivity contribution in [1.29, 1.82) is 0 Å². The van der Waals surface area contributed by atoms with E-state index >= 15 is 0 Å². The van der Waals surface area contributed by atoms with Crippen molar-refractivity contribution >= 4 is 57.0 Å². The first-order chi connectivity index (χ1) is 18.2. The van der Waals surface area contributed by atoms with Crippen molar-refractivity contribution in [2.24, 2.45) is 5.10 Å². The highest BCUT2D eigenvalue weighted by Crippen LogP contribution is 2.20. The molecule has 0 saturated carbocycles. The van der Waals surface area contributed by atoms with Crippen LogP contribution in [0.5, 0.6) is 5.75 Å². The molecule has 192 valence electrons. The van der Waals surface area contributed by atoms with Crippen molar-refractivity contribution in [2.45, 2.75) is 4.90 Å². The summed E-state index contributed by atoms with van der Waals surface area (Å²) in [6, 6.07) is 24.5. The van der Waals surface area contributed by atoms with Crippen LogP contribution in [-0.2, 0) is 10.0 Å². The van der Waals surface area contributed by atoms with E-state index in [0.29, 0.717) is 21.2 Å². The molecule has 0 radical (unpaired) electrons. The Morgan fingerprint density at radius 3 is 2.00 bits per heavy atom. The highest BCUT2D eigenvalue weighted by atomic mass is 35.5. The van der Waals surface area contributed by atoms with Gasteiger partial charge in [0.15, 0.2) is 0 Å². The molecule has 0 unspecified atom stereocenters. The summed E-state index contributed by atoms with van der Waals surface area (Å²) >= 11 is 11.7. The van der Waals surface area contributed by atoms with E-state index in [2.05, 4.69) is 15.2 Å². The molecule has 0 aliphatic rings. The van der Waals surface area contributed by atoms with Gasteiger partial charge in [0, 0.05) is 26.9 Å². The molecule has 0 heterocycles. The van der Waals surface area contributed by atoms with Crippen LogP contribution < -0.4 is 14.9 Å². The van der Waals surface area contributed by atoms with E-state index < -0.39 is 21.9 Å². The smallest absolute Gasteiger partial charge is 0.343 e. The zero-order valence-electron chi connectivity index (χ0n) is 19.5. The Hall–Kier alpha value is -4.18. The van der Waals surface area contributed by atoms with E-state index in [-0.39, 0.29) is 21.9 Å². The first-order valence-electron chi connectivity index (χ1n) is 11.0. The van der Waals surface area contributed by atoms with Crippen LogP contribution in [0.1, 0.15) is 26.3 Å². The monoisotopic (exact) mass is 567 g/mol. The Labute approximate surface area is 228 Å². The highest BCUT2D eigenvalue weighted by molar-refractivity contribution is 7.92. The molecule has 0 aliphatic heterocycles. The van der Waals surface area contributed by atoms with Gasteiger partial charge in [-0.2, -0.15) is 5.10 Å². The summed E-state index contributed by atoms with van der Waals surface area (Å²) in [5.74, 6) is -0.843. The first kappa shape index (κ1) is 26.9. The molecular weight excluding hydrogens is 549 g/mol. The van der Waals surface area contributed by atoms with E-state index in [1.165, 1.54) is 54.7 Å². The fraction of sp³-hybridized carbons (Fsp3) is 0. The Morgan fingerprint density at radius 1 is 0.763 bits per heavy atom. The number of esters is 1. The fourth-order valence-electron chi connectivity index (χ4n) is 3.17. The third-order valence-corrected chi connectivity index (χ3v) is 7.00. The minimum absolute atomic E-state index is 0.0529. The summed E-state index contributed by atoms with van der Waals surface area (Å²) in [6.07, 6.45) is 1.34. The summed E-state index contributed by atoms with van der Waals surface area (Å²) in [5.41, 5.74) is 3.70. The molecule has 0 atom stereocenters. The van der Waals surface area contributed by atoms with Crippen molar-refractivity contribution in [3.05, 3.63) is 124 Å². The van der Waals surface area contributed by atoms with Gasteiger partial charge in [-0.25, -0.2) is 18.6 Å². The fourth-order valence-corrected chi connectivity index (χ4v) is 4.48. The van der Waals surface area contributed by atoms with E-state index in [1.807, 2.05) is 0 Å². The van der Waals surface area contributed by atoms with Crippen LogP contribution in [0.15, 0.2) is 107 Å². The predicted molar refractivity (Wildman–Crippen MR) is 147 cm³/mol. The molecule has 4 aromatic rings. The number of benzene rings is 4. The van der Waals surface area contributed by atoms with Crippen molar-refractivity contribution in [3.8, 4) is 5.75 Å². The zero-order valence-corrected chi connectivity index (χ0v) is 21.8. The largest absolute Gasteiger partial charge is 0.422 e. The molecule has 0 aromatic heterocycles. The Balaban J connectivity index is 1.37. The number of hydrogen-bond acceptors (Lipinski definition) is 6. The summed E-state index contributed by atoms with van der Waals surface area (Å²) in [5, 5.41) is 4.86. The quantitative estimate of drug-likeness (QED) is 0.121. The van der Waals surface area contributed by atoms with Gasteiger partial charge < -0.3 is 4.74 Å². The summed E-state index contributed by atoms with van der Waals surface area (Å²) in [4.78, 5) is 25.0. The molecule has 0 spiro atoms. The van der Waals surface area contributed by atoms with Crippen molar-refractivity contribution in [3.63, 3.8) is 0 Å². The van der Waals surface area contributed by atoms with Gasteiger partial charge in [-0.05, 0) is 84.9 Å². The molecule has 0 saturated heterocycles. The number of nitrogens with zero attached hydrogens (tertiary/aromatic N) is 1. The van der Waals surface area contributed by atoms with Crippen LogP contribution in [0.25, 0.3) is 0 Å². The van der Waals surface area contributed by atoms with Crippen LogP contribution in [0.3, 0.4) is 0 Å². The lowest BCUT2D eigenvalue weighted by Crippen LogP contribution is -2.18. The number of carbonyl (C=O) groups is 2. The molecule has 11 heteroatoms. The van der Waals surface area contributed by atoms with Crippen LogP contribution in [0.2, 0.25) is 10.0 Å². The number of rotatable bonds is 8. The minimum Gasteiger partial charge on any atom is -0.422 e. The molecule has 4 rings (SSSR count). The minimum atomic E-state index is -3.82. The van der Waals surface area contributed by atoms with E-state index in [4.69, 9.17) is 27.9 Å². The number of hydrazone groups is 1. The molecule has 2 N–H and O–H groups in total. The van der Waals surface area contributed by atoms with Gasteiger partial charge in [0.05, 0.1) is 16.7 Å². The average molecular weight is 568 g/mol. The molecule has 0 bridgehead atoms. The van der Waals surface area contributed by atoms with Crippen LogP contribution in [0, 0.1) is 0 Å². The Bertz CT molecular complexity index is 1590. The van der Waals surface area contributed by atoms with Gasteiger partial charge in [-0.3, -0.25) is 9.52 Å². The number of anilines is 1. The zero-order chi connectivity index (χ0) is 27.1. The van der Waals surface area contributed by atoms with Gasteiger partial charge >= 0.3 is 5.97 Å².